The number of cyclic esters (lactones) is 1. The molecule has 196 valence electrons. The summed E-state index contributed by atoms with van der Waals surface area (Å²) < 4.78 is 20.2. The van der Waals surface area contributed by atoms with Gasteiger partial charge in [-0.15, -0.1) is 0 Å². The zero-order valence-corrected chi connectivity index (χ0v) is 20.7. The van der Waals surface area contributed by atoms with Gasteiger partial charge in [-0.1, -0.05) is 6.92 Å². The number of piperazine rings is 1. The number of carbonyl (C=O) groups excluding carboxylic acids is 3. The Morgan fingerprint density at radius 3 is 2.53 bits per heavy atom. The van der Waals surface area contributed by atoms with Gasteiger partial charge >= 0.3 is 6.09 Å². The van der Waals surface area contributed by atoms with Gasteiger partial charge in [-0.05, 0) is 30.3 Å². The SMILES string of the molecule is CCC(=O)NC1CN(c2ccc(-c3cnc(N4CCN(C(=O)c5cccnc5)CC4)nc3)c(F)c2)C(=O)O1. The summed E-state index contributed by atoms with van der Waals surface area (Å²) in [4.78, 5) is 54.3. The van der Waals surface area contributed by atoms with E-state index in [1.165, 1.54) is 11.0 Å². The number of amides is 3. The van der Waals surface area contributed by atoms with E-state index in [2.05, 4.69) is 20.3 Å². The van der Waals surface area contributed by atoms with Crippen molar-refractivity contribution >= 4 is 29.5 Å². The maximum Gasteiger partial charge on any atom is 0.416 e. The van der Waals surface area contributed by atoms with Crippen molar-refractivity contribution in [3.8, 4) is 11.1 Å². The summed E-state index contributed by atoms with van der Waals surface area (Å²) in [5.41, 5.74) is 1.65. The van der Waals surface area contributed by atoms with E-state index in [1.54, 1.807) is 60.9 Å². The number of hydrogen-bond acceptors (Lipinski definition) is 8. The van der Waals surface area contributed by atoms with Crippen LogP contribution in [0.15, 0.2) is 55.1 Å². The summed E-state index contributed by atoms with van der Waals surface area (Å²) in [6.07, 6.45) is 5.11. The summed E-state index contributed by atoms with van der Waals surface area (Å²) in [5, 5.41) is 2.60. The van der Waals surface area contributed by atoms with Crippen molar-refractivity contribution in [1.29, 1.82) is 0 Å². The molecule has 2 aliphatic rings. The number of pyridine rings is 1. The molecular weight excluding hydrogens is 493 g/mol. The van der Waals surface area contributed by atoms with Gasteiger partial charge in [-0.3, -0.25) is 19.5 Å². The molecule has 3 amide bonds. The lowest BCUT2D eigenvalue weighted by molar-refractivity contribution is -0.123. The smallest absolute Gasteiger partial charge is 0.416 e. The highest BCUT2D eigenvalue weighted by molar-refractivity contribution is 5.94. The highest BCUT2D eigenvalue weighted by atomic mass is 19.1. The van der Waals surface area contributed by atoms with Crippen LogP contribution in [0.25, 0.3) is 11.1 Å². The first-order chi connectivity index (χ1) is 18.4. The van der Waals surface area contributed by atoms with Crippen molar-refractivity contribution in [3.05, 3.63) is 66.5 Å². The Labute approximate surface area is 218 Å². The van der Waals surface area contributed by atoms with Crippen LogP contribution < -0.4 is 15.1 Å². The molecule has 2 aliphatic heterocycles. The van der Waals surface area contributed by atoms with Gasteiger partial charge in [-0.25, -0.2) is 19.2 Å². The van der Waals surface area contributed by atoms with Crippen LogP contribution in [-0.2, 0) is 9.53 Å². The first-order valence-electron chi connectivity index (χ1n) is 12.3. The number of nitrogens with zero attached hydrogens (tertiary/aromatic N) is 6. The molecule has 1 atom stereocenters. The van der Waals surface area contributed by atoms with Crippen molar-refractivity contribution in [2.75, 3.05) is 42.5 Å². The van der Waals surface area contributed by atoms with Gasteiger partial charge in [-0.2, -0.15) is 0 Å². The van der Waals surface area contributed by atoms with Crippen LogP contribution in [0, 0.1) is 5.82 Å². The van der Waals surface area contributed by atoms with E-state index < -0.39 is 18.1 Å². The van der Waals surface area contributed by atoms with Crippen LogP contribution in [0.4, 0.5) is 20.8 Å². The topological polar surface area (TPSA) is 121 Å². The third-order valence-electron chi connectivity index (χ3n) is 6.43. The van der Waals surface area contributed by atoms with Crippen molar-refractivity contribution < 1.29 is 23.5 Å². The van der Waals surface area contributed by atoms with Gasteiger partial charge in [0.15, 0.2) is 6.23 Å². The van der Waals surface area contributed by atoms with Gasteiger partial charge in [0.05, 0.1) is 17.8 Å². The Bertz CT molecular complexity index is 1330. The highest BCUT2D eigenvalue weighted by Gasteiger charge is 2.33. The number of halogens is 1. The lowest BCUT2D eigenvalue weighted by Crippen LogP contribution is -2.49. The Morgan fingerprint density at radius 2 is 1.87 bits per heavy atom. The molecule has 0 saturated carbocycles. The summed E-state index contributed by atoms with van der Waals surface area (Å²) in [5.74, 6) is -0.347. The average Bonchev–Trinajstić information content (AvgIpc) is 3.32. The molecule has 4 heterocycles. The number of hydrogen-bond donors (Lipinski definition) is 1. The summed E-state index contributed by atoms with van der Waals surface area (Å²) in [6, 6.07) is 7.88. The van der Waals surface area contributed by atoms with Crippen LogP contribution in [0.3, 0.4) is 0 Å². The van der Waals surface area contributed by atoms with Crippen LogP contribution in [0.5, 0.6) is 0 Å². The Balaban J connectivity index is 1.21. The van der Waals surface area contributed by atoms with Gasteiger partial charge in [0, 0.05) is 68.5 Å². The molecule has 5 rings (SSSR count). The second-order valence-electron chi connectivity index (χ2n) is 8.86. The average molecular weight is 520 g/mol. The van der Waals surface area contributed by atoms with Gasteiger partial charge in [0.1, 0.15) is 5.82 Å². The van der Waals surface area contributed by atoms with Gasteiger partial charge in [0.25, 0.3) is 5.91 Å². The Kier molecular flexibility index (Phi) is 7.11. The fourth-order valence-electron chi connectivity index (χ4n) is 4.34. The molecule has 0 spiro atoms. The van der Waals surface area contributed by atoms with Crippen LogP contribution in [0.1, 0.15) is 23.7 Å². The summed E-state index contributed by atoms with van der Waals surface area (Å²) in [6.45, 7) is 3.97. The largest absolute Gasteiger partial charge is 0.423 e. The molecule has 38 heavy (non-hydrogen) atoms. The predicted molar refractivity (Wildman–Crippen MR) is 136 cm³/mol. The van der Waals surface area contributed by atoms with Gasteiger partial charge < -0.3 is 19.9 Å². The minimum Gasteiger partial charge on any atom is -0.423 e. The third kappa shape index (κ3) is 5.24. The first-order valence-corrected chi connectivity index (χ1v) is 12.3. The number of rotatable bonds is 6. The fourth-order valence-corrected chi connectivity index (χ4v) is 4.34. The van der Waals surface area contributed by atoms with E-state index in [-0.39, 0.29) is 30.3 Å². The zero-order chi connectivity index (χ0) is 26.6. The molecule has 12 heteroatoms. The molecule has 0 aliphatic carbocycles. The maximum absolute atomic E-state index is 15.0. The van der Waals surface area contributed by atoms with Crippen molar-refractivity contribution in [3.63, 3.8) is 0 Å². The molecule has 1 aromatic carbocycles. The number of carbonyl (C=O) groups is 3. The molecule has 0 radical (unpaired) electrons. The molecule has 2 saturated heterocycles. The zero-order valence-electron chi connectivity index (χ0n) is 20.7. The summed E-state index contributed by atoms with van der Waals surface area (Å²) >= 11 is 0. The number of benzene rings is 1. The number of ether oxygens (including phenoxy) is 1. The van der Waals surface area contributed by atoms with Gasteiger partial charge in [0.2, 0.25) is 11.9 Å². The second-order valence-corrected chi connectivity index (χ2v) is 8.86. The molecule has 1 N–H and O–H groups in total. The minimum absolute atomic E-state index is 0.0589. The molecule has 2 aromatic heterocycles. The van der Waals surface area contributed by atoms with Crippen LogP contribution in [0.2, 0.25) is 0 Å². The van der Waals surface area contributed by atoms with Crippen molar-refractivity contribution in [1.82, 2.24) is 25.2 Å². The predicted octanol–water partition coefficient (Wildman–Crippen LogP) is 2.45. The Morgan fingerprint density at radius 1 is 1.11 bits per heavy atom. The monoisotopic (exact) mass is 519 g/mol. The summed E-state index contributed by atoms with van der Waals surface area (Å²) in [7, 11) is 0. The lowest BCUT2D eigenvalue weighted by atomic mass is 10.1. The quantitative estimate of drug-likeness (QED) is 0.527. The molecule has 11 nitrogen and oxygen atoms in total. The molecule has 0 bridgehead atoms. The van der Waals surface area contributed by atoms with Crippen LogP contribution >= 0.6 is 0 Å². The Hall–Kier alpha value is -4.61. The lowest BCUT2D eigenvalue weighted by Gasteiger charge is -2.34. The number of aromatic nitrogens is 3. The van der Waals surface area contributed by atoms with E-state index in [0.717, 1.165) is 0 Å². The van der Waals surface area contributed by atoms with Crippen molar-refractivity contribution in [2.24, 2.45) is 0 Å². The van der Waals surface area contributed by atoms with E-state index in [0.29, 0.717) is 48.9 Å². The fraction of sp³-hybridized carbons (Fsp3) is 0.308. The van der Waals surface area contributed by atoms with E-state index in [9.17, 15) is 14.4 Å². The first kappa shape index (κ1) is 25.1. The molecule has 1 unspecified atom stereocenters. The minimum atomic E-state index is -0.783. The van der Waals surface area contributed by atoms with E-state index >= 15 is 4.39 Å². The molecule has 3 aromatic rings. The molecule has 2 fully saturated rings. The van der Waals surface area contributed by atoms with Crippen molar-refractivity contribution in [2.45, 2.75) is 19.6 Å². The second kappa shape index (κ2) is 10.8. The maximum atomic E-state index is 15.0. The number of nitrogens with one attached hydrogen (secondary N) is 1. The van der Waals surface area contributed by atoms with E-state index in [1.807, 2.05) is 4.90 Å². The highest BCUT2D eigenvalue weighted by Crippen LogP contribution is 2.29. The standard InChI is InChI=1S/C26H26FN7O4/c1-2-22(35)31-23-16-34(26(37)38-23)19-5-6-20(21(27)12-19)18-14-29-25(30-15-18)33-10-8-32(9-11-33)24(36)17-4-3-7-28-13-17/h3-7,12-15,23H,2,8-11,16H2,1H3,(H,31,35). The van der Waals surface area contributed by atoms with Crippen LogP contribution in [-0.4, -0.2) is 76.7 Å². The molecular formula is C26H26FN7O4. The normalized spacial score (nSPS) is 17.4. The van der Waals surface area contributed by atoms with E-state index in [4.69, 9.17) is 4.74 Å². The third-order valence-corrected chi connectivity index (χ3v) is 6.43. The number of anilines is 2.